The number of aliphatic hydroxyl groups excluding tert-OH is 1. The van der Waals surface area contributed by atoms with E-state index in [1.807, 2.05) is 0 Å². The molecule has 1 aliphatic carbocycles. The third kappa shape index (κ3) is 4.56. The topological polar surface area (TPSA) is 151 Å². The second-order valence-electron chi connectivity index (χ2n) is 5.78. The molecule has 2 unspecified atom stereocenters. The van der Waals surface area contributed by atoms with Gasteiger partial charge in [-0.15, -0.1) is 0 Å². The van der Waals surface area contributed by atoms with E-state index in [9.17, 15) is 25.0 Å². The maximum Gasteiger partial charge on any atom is 0.448 e. The van der Waals surface area contributed by atoms with Crippen LogP contribution < -0.4 is 0 Å². The second-order valence-corrected chi connectivity index (χ2v) is 7.01. The first-order valence-corrected chi connectivity index (χ1v) is 9.09. The Morgan fingerprint density at radius 1 is 1.20 bits per heavy atom. The van der Waals surface area contributed by atoms with Gasteiger partial charge >= 0.3 is 7.75 Å². The van der Waals surface area contributed by atoms with Crippen LogP contribution in [0.2, 0.25) is 0 Å². The van der Waals surface area contributed by atoms with Gasteiger partial charge < -0.3 is 30.2 Å². The SMILES string of the molecule is CCC(c1ccc(O)cc1)C(O)(O)C1C=CC(O)=C/C1=N\P(=O)(O)O. The van der Waals surface area contributed by atoms with Crippen LogP contribution in [0.15, 0.2) is 53.0 Å². The van der Waals surface area contributed by atoms with Crippen molar-refractivity contribution < 1.29 is 34.8 Å². The smallest absolute Gasteiger partial charge is 0.448 e. The van der Waals surface area contributed by atoms with E-state index in [0.717, 1.165) is 6.08 Å². The number of rotatable bonds is 5. The van der Waals surface area contributed by atoms with E-state index in [-0.39, 0.29) is 17.2 Å². The van der Waals surface area contributed by atoms with Crippen molar-refractivity contribution in [1.82, 2.24) is 0 Å². The molecule has 2 atom stereocenters. The van der Waals surface area contributed by atoms with Gasteiger partial charge in [0, 0.05) is 12.0 Å². The molecule has 0 aliphatic heterocycles. The van der Waals surface area contributed by atoms with Crippen LogP contribution >= 0.6 is 7.75 Å². The number of allylic oxidation sites excluding steroid dienone is 2. The molecule has 0 saturated heterocycles. The second kappa shape index (κ2) is 7.11. The van der Waals surface area contributed by atoms with Crippen LogP contribution in [0.1, 0.15) is 24.8 Å². The molecular weight excluding hydrogens is 349 g/mol. The maximum atomic E-state index is 11.2. The van der Waals surface area contributed by atoms with E-state index in [1.54, 1.807) is 6.92 Å². The Kier molecular flexibility index (Phi) is 5.51. The predicted octanol–water partition coefficient (Wildman–Crippen LogP) is 1.73. The quantitative estimate of drug-likeness (QED) is 0.342. The number of benzene rings is 1. The molecule has 0 amide bonds. The number of aromatic hydroxyl groups is 1. The van der Waals surface area contributed by atoms with Gasteiger partial charge in [-0.1, -0.05) is 25.1 Å². The molecule has 9 heteroatoms. The first kappa shape index (κ1) is 19.4. The summed E-state index contributed by atoms with van der Waals surface area (Å²) in [6.45, 7) is 1.72. The van der Waals surface area contributed by atoms with E-state index in [1.165, 1.54) is 36.4 Å². The monoisotopic (exact) mass is 369 g/mol. The molecule has 8 nitrogen and oxygen atoms in total. The van der Waals surface area contributed by atoms with Gasteiger partial charge in [-0.3, -0.25) is 0 Å². The van der Waals surface area contributed by atoms with Gasteiger partial charge in [0.05, 0.1) is 11.6 Å². The minimum Gasteiger partial charge on any atom is -0.508 e. The Labute approximate surface area is 144 Å². The predicted molar refractivity (Wildman–Crippen MR) is 91.1 cm³/mol. The summed E-state index contributed by atoms with van der Waals surface area (Å²) in [5.74, 6) is -4.83. The molecule has 136 valence electrons. The highest BCUT2D eigenvalue weighted by atomic mass is 31.2. The fourth-order valence-electron chi connectivity index (χ4n) is 2.89. The van der Waals surface area contributed by atoms with Crippen molar-refractivity contribution in [3.05, 3.63) is 53.8 Å². The fourth-order valence-corrected chi connectivity index (χ4v) is 3.37. The molecule has 0 saturated carbocycles. The Morgan fingerprint density at radius 2 is 1.80 bits per heavy atom. The molecule has 0 heterocycles. The van der Waals surface area contributed by atoms with E-state index in [2.05, 4.69) is 4.76 Å². The van der Waals surface area contributed by atoms with Crippen LogP contribution in [0.5, 0.6) is 5.75 Å². The fraction of sp³-hybridized carbons (Fsp3) is 0.312. The van der Waals surface area contributed by atoms with Crippen molar-refractivity contribution in [2.24, 2.45) is 10.7 Å². The summed E-state index contributed by atoms with van der Waals surface area (Å²) in [6, 6.07) is 5.87. The zero-order chi connectivity index (χ0) is 18.8. The standard InChI is InChI=1S/C16H20NO7P/c1-2-13(10-3-5-11(18)6-4-10)16(20,21)14-8-7-12(19)9-15(14)17-25(22,23)24/h3-9,13-14,18-21H,2H2,1H3,(H2,22,23,24)/b17-15+. The number of nitrogens with zero attached hydrogens (tertiary/aromatic N) is 1. The number of hydrogen-bond donors (Lipinski definition) is 6. The number of hydrogen-bond acceptors (Lipinski definition) is 5. The van der Waals surface area contributed by atoms with Crippen molar-refractivity contribution in [2.45, 2.75) is 25.0 Å². The van der Waals surface area contributed by atoms with Crippen molar-refractivity contribution >= 4 is 13.5 Å². The first-order chi connectivity index (χ1) is 11.5. The van der Waals surface area contributed by atoms with Crippen LogP contribution in [-0.2, 0) is 4.57 Å². The van der Waals surface area contributed by atoms with Crippen molar-refractivity contribution in [3.63, 3.8) is 0 Å². The third-order valence-corrected chi connectivity index (χ3v) is 4.49. The summed E-state index contributed by atoms with van der Waals surface area (Å²) in [4.78, 5) is 18.2. The van der Waals surface area contributed by atoms with Gasteiger partial charge in [-0.25, -0.2) is 4.57 Å². The highest BCUT2D eigenvalue weighted by molar-refractivity contribution is 7.50. The third-order valence-electron chi connectivity index (χ3n) is 3.99. The van der Waals surface area contributed by atoms with E-state index < -0.39 is 25.4 Å². The Balaban J connectivity index is 2.47. The molecule has 1 aromatic rings. The van der Waals surface area contributed by atoms with Crippen molar-refractivity contribution in [3.8, 4) is 5.75 Å². The Bertz CT molecular complexity index is 761. The normalized spacial score (nSPS) is 21.2. The highest BCUT2D eigenvalue weighted by Crippen LogP contribution is 2.42. The molecule has 0 radical (unpaired) electrons. The average Bonchev–Trinajstić information content (AvgIpc) is 2.47. The van der Waals surface area contributed by atoms with Crippen LogP contribution in [0.4, 0.5) is 0 Å². The molecule has 1 aromatic carbocycles. The van der Waals surface area contributed by atoms with Gasteiger partial charge in [-0.2, -0.15) is 4.76 Å². The summed E-state index contributed by atoms with van der Waals surface area (Å²) in [7, 11) is -4.84. The average molecular weight is 369 g/mol. The van der Waals surface area contributed by atoms with E-state index in [0.29, 0.717) is 12.0 Å². The van der Waals surface area contributed by atoms with E-state index >= 15 is 0 Å². The molecular formula is C16H20NO7P. The minimum atomic E-state index is -4.84. The minimum absolute atomic E-state index is 0.0225. The lowest BCUT2D eigenvalue weighted by Crippen LogP contribution is -2.46. The van der Waals surface area contributed by atoms with Crippen LogP contribution in [0.3, 0.4) is 0 Å². The number of phenols is 1. The van der Waals surface area contributed by atoms with Gasteiger partial charge in [0.25, 0.3) is 0 Å². The van der Waals surface area contributed by atoms with E-state index in [4.69, 9.17) is 9.79 Å². The van der Waals surface area contributed by atoms with Crippen molar-refractivity contribution in [2.75, 3.05) is 0 Å². The number of phenolic OH excluding ortho intramolecular Hbond substituents is 1. The molecule has 0 bridgehead atoms. The molecule has 2 rings (SSSR count). The van der Waals surface area contributed by atoms with Gasteiger partial charge in [-0.05, 0) is 30.2 Å². The summed E-state index contributed by atoms with van der Waals surface area (Å²) in [5.41, 5.74) is 0.184. The highest BCUT2D eigenvalue weighted by Gasteiger charge is 2.44. The Morgan fingerprint density at radius 3 is 2.32 bits per heavy atom. The summed E-state index contributed by atoms with van der Waals surface area (Å²) in [6.07, 6.45) is 3.70. The molecule has 0 aromatic heterocycles. The largest absolute Gasteiger partial charge is 0.508 e. The molecule has 0 spiro atoms. The van der Waals surface area contributed by atoms with Gasteiger partial charge in [0.1, 0.15) is 11.5 Å². The van der Waals surface area contributed by atoms with Crippen LogP contribution in [0, 0.1) is 5.92 Å². The zero-order valence-corrected chi connectivity index (χ0v) is 14.3. The molecule has 1 aliphatic rings. The number of aliphatic hydroxyl groups is 3. The zero-order valence-electron chi connectivity index (χ0n) is 13.4. The molecule has 6 N–H and O–H groups in total. The lowest BCUT2D eigenvalue weighted by molar-refractivity contribution is -0.192. The van der Waals surface area contributed by atoms with Crippen LogP contribution in [-0.4, -0.2) is 41.7 Å². The molecule has 25 heavy (non-hydrogen) atoms. The summed E-state index contributed by atoms with van der Waals surface area (Å²) >= 11 is 0. The Hall–Kier alpha value is -1.96. The first-order valence-electron chi connectivity index (χ1n) is 7.52. The van der Waals surface area contributed by atoms with Crippen molar-refractivity contribution in [1.29, 1.82) is 0 Å². The van der Waals surface area contributed by atoms with Crippen LogP contribution in [0.25, 0.3) is 0 Å². The molecule has 0 fully saturated rings. The summed E-state index contributed by atoms with van der Waals surface area (Å²) < 4.78 is 14.4. The lowest BCUT2D eigenvalue weighted by Gasteiger charge is -2.37. The van der Waals surface area contributed by atoms with Gasteiger partial charge in [0.15, 0.2) is 5.79 Å². The van der Waals surface area contributed by atoms with Gasteiger partial charge in [0.2, 0.25) is 0 Å². The lowest BCUT2D eigenvalue weighted by atomic mass is 9.77. The maximum absolute atomic E-state index is 11.2. The summed E-state index contributed by atoms with van der Waals surface area (Å²) in [5, 5.41) is 40.5.